The van der Waals surface area contributed by atoms with Gasteiger partial charge in [-0.05, 0) is 73.7 Å². The van der Waals surface area contributed by atoms with Gasteiger partial charge < -0.3 is 9.47 Å². The highest BCUT2D eigenvalue weighted by Crippen LogP contribution is 2.45. The Labute approximate surface area is 237 Å². The molecule has 190 valence electrons. The van der Waals surface area contributed by atoms with Crippen LogP contribution in [-0.2, 0) is 0 Å². The second-order valence-electron chi connectivity index (χ2n) is 10.3. The first-order chi connectivity index (χ1) is 19.8. The van der Waals surface area contributed by atoms with Gasteiger partial charge in [-0.1, -0.05) is 78.4 Å². The molecule has 0 radical (unpaired) electrons. The first-order valence-electron chi connectivity index (χ1n) is 13.6. The zero-order chi connectivity index (χ0) is 26.6. The minimum absolute atomic E-state index is 1.14. The van der Waals surface area contributed by atoms with Gasteiger partial charge in [-0.25, -0.2) is 0 Å². The number of thiophene rings is 1. The fourth-order valence-electron chi connectivity index (χ4n) is 6.02. The molecule has 3 heteroatoms. The molecule has 8 aromatic rings. The summed E-state index contributed by atoms with van der Waals surface area (Å²) in [7, 11) is 0. The summed E-state index contributed by atoms with van der Waals surface area (Å²) in [5, 5.41) is 5.11. The first kappa shape index (κ1) is 23.1. The summed E-state index contributed by atoms with van der Waals surface area (Å²) in [6.45, 7) is 2.14. The number of hydrogen-bond acceptors (Lipinski definition) is 2. The van der Waals surface area contributed by atoms with Crippen LogP contribution in [0, 0.1) is 6.92 Å². The van der Waals surface area contributed by atoms with E-state index in [0.717, 1.165) is 11.4 Å². The summed E-state index contributed by atoms with van der Waals surface area (Å²) < 4.78 is 5.03. The number of nitrogens with zero attached hydrogens (tertiary/aromatic N) is 2. The van der Waals surface area contributed by atoms with Crippen molar-refractivity contribution in [2.45, 2.75) is 6.92 Å². The van der Waals surface area contributed by atoms with Crippen molar-refractivity contribution in [3.63, 3.8) is 0 Å². The van der Waals surface area contributed by atoms with E-state index < -0.39 is 0 Å². The van der Waals surface area contributed by atoms with E-state index in [1.54, 1.807) is 0 Å². The lowest BCUT2D eigenvalue weighted by molar-refractivity contribution is 1.17. The van der Waals surface area contributed by atoms with Crippen molar-refractivity contribution < 1.29 is 0 Å². The Bertz CT molecular complexity index is 2170. The van der Waals surface area contributed by atoms with Crippen LogP contribution in [-0.4, -0.2) is 4.57 Å². The largest absolute Gasteiger partial charge is 0.310 e. The molecule has 2 aromatic heterocycles. The average Bonchev–Trinajstić information content (AvgIpc) is 3.54. The summed E-state index contributed by atoms with van der Waals surface area (Å²) in [5.74, 6) is 0. The lowest BCUT2D eigenvalue weighted by Gasteiger charge is -2.26. The molecular formula is C37H26N2S. The third-order valence-electron chi connectivity index (χ3n) is 7.84. The highest BCUT2D eigenvalue weighted by Gasteiger charge is 2.21. The lowest BCUT2D eigenvalue weighted by Crippen LogP contribution is -2.10. The van der Waals surface area contributed by atoms with Crippen molar-refractivity contribution in [2.75, 3.05) is 4.90 Å². The SMILES string of the molecule is Cc1ccc(-n2c3ccccc3c3c(N(c4ccccc4)c4ccc5sc6ccccc6c5c4)cccc32)cc1. The van der Waals surface area contributed by atoms with Crippen molar-refractivity contribution in [1.29, 1.82) is 0 Å². The number of hydrogen-bond donors (Lipinski definition) is 0. The molecule has 0 bridgehead atoms. The van der Waals surface area contributed by atoms with Crippen molar-refractivity contribution in [3.05, 3.63) is 145 Å². The molecule has 6 aromatic carbocycles. The summed E-state index contributed by atoms with van der Waals surface area (Å²) >= 11 is 1.86. The number of aryl methyl sites for hydroxylation is 1. The lowest BCUT2D eigenvalue weighted by atomic mass is 10.1. The summed E-state index contributed by atoms with van der Waals surface area (Å²) in [6, 6.07) is 50.6. The van der Waals surface area contributed by atoms with Crippen LogP contribution in [0.2, 0.25) is 0 Å². The van der Waals surface area contributed by atoms with E-state index in [1.165, 1.54) is 58.9 Å². The van der Waals surface area contributed by atoms with Gasteiger partial charge >= 0.3 is 0 Å². The second kappa shape index (κ2) is 9.11. The number of aromatic nitrogens is 1. The van der Waals surface area contributed by atoms with Crippen LogP contribution in [0.25, 0.3) is 47.7 Å². The molecule has 0 aliphatic heterocycles. The molecule has 2 nitrogen and oxygen atoms in total. The Balaban J connectivity index is 1.45. The van der Waals surface area contributed by atoms with Crippen LogP contribution in [0.5, 0.6) is 0 Å². The fraction of sp³-hybridized carbons (Fsp3) is 0.0270. The molecule has 0 aliphatic rings. The minimum Gasteiger partial charge on any atom is -0.310 e. The van der Waals surface area contributed by atoms with Crippen LogP contribution in [0.3, 0.4) is 0 Å². The fourth-order valence-corrected chi connectivity index (χ4v) is 7.10. The number of fused-ring (bicyclic) bond motifs is 6. The molecule has 0 saturated heterocycles. The molecule has 0 fully saturated rings. The van der Waals surface area contributed by atoms with Crippen molar-refractivity contribution in [3.8, 4) is 5.69 Å². The number of benzene rings is 6. The van der Waals surface area contributed by atoms with Gasteiger partial charge in [0.15, 0.2) is 0 Å². The molecular weight excluding hydrogens is 504 g/mol. The maximum absolute atomic E-state index is 2.42. The molecule has 8 rings (SSSR count). The molecule has 0 spiro atoms. The Hall–Kier alpha value is -4.86. The van der Waals surface area contributed by atoms with Gasteiger partial charge in [0.1, 0.15) is 0 Å². The van der Waals surface area contributed by atoms with E-state index in [0.29, 0.717) is 0 Å². The van der Waals surface area contributed by atoms with Crippen LogP contribution in [0.1, 0.15) is 5.56 Å². The van der Waals surface area contributed by atoms with Crippen molar-refractivity contribution in [1.82, 2.24) is 4.57 Å². The third kappa shape index (κ3) is 3.55. The van der Waals surface area contributed by atoms with Crippen molar-refractivity contribution in [2.24, 2.45) is 0 Å². The monoisotopic (exact) mass is 530 g/mol. The summed E-state index contributed by atoms with van der Waals surface area (Å²) in [6.07, 6.45) is 0. The van der Waals surface area contributed by atoms with Crippen molar-refractivity contribution >= 4 is 70.4 Å². The van der Waals surface area contributed by atoms with E-state index in [2.05, 4.69) is 156 Å². The number of para-hydroxylation sites is 2. The second-order valence-corrected chi connectivity index (χ2v) is 11.4. The predicted octanol–water partition coefficient (Wildman–Crippen LogP) is 10.9. The molecule has 0 saturated carbocycles. The number of rotatable bonds is 4. The standard InChI is InChI=1S/C37H26N2S/c1-25-18-20-27(21-19-25)39-32-14-7-5-13-30(32)37-33(15-9-16-34(37)39)38(26-10-3-2-4-11-26)28-22-23-36-31(24-28)29-12-6-8-17-35(29)40-36/h2-24H,1H3. The molecule has 0 aliphatic carbocycles. The molecule has 0 amide bonds. The molecule has 2 heterocycles. The van der Waals surface area contributed by atoms with Gasteiger partial charge in [0.05, 0.1) is 16.7 Å². The van der Waals surface area contributed by atoms with Gasteiger partial charge in [0, 0.05) is 48.0 Å². The number of anilines is 3. The van der Waals surface area contributed by atoms with E-state index >= 15 is 0 Å². The van der Waals surface area contributed by atoms with Gasteiger partial charge in [-0.3, -0.25) is 0 Å². The van der Waals surface area contributed by atoms with Crippen LogP contribution < -0.4 is 4.90 Å². The van der Waals surface area contributed by atoms with E-state index in [-0.39, 0.29) is 0 Å². The first-order valence-corrected chi connectivity index (χ1v) is 14.4. The topological polar surface area (TPSA) is 8.17 Å². The molecule has 0 unspecified atom stereocenters. The maximum Gasteiger partial charge on any atom is 0.0562 e. The van der Waals surface area contributed by atoms with Gasteiger partial charge in [0.25, 0.3) is 0 Å². The Kier molecular flexibility index (Phi) is 5.26. The van der Waals surface area contributed by atoms with Crippen LogP contribution in [0.4, 0.5) is 17.1 Å². The molecule has 40 heavy (non-hydrogen) atoms. The van der Waals surface area contributed by atoms with Crippen LogP contribution in [0.15, 0.2) is 140 Å². The van der Waals surface area contributed by atoms with E-state index in [4.69, 9.17) is 0 Å². The summed E-state index contributed by atoms with van der Waals surface area (Å²) in [4.78, 5) is 2.42. The zero-order valence-electron chi connectivity index (χ0n) is 22.1. The highest BCUT2D eigenvalue weighted by atomic mass is 32.1. The van der Waals surface area contributed by atoms with Gasteiger partial charge in [-0.15, -0.1) is 11.3 Å². The highest BCUT2D eigenvalue weighted by molar-refractivity contribution is 7.25. The van der Waals surface area contributed by atoms with Gasteiger partial charge in [-0.2, -0.15) is 0 Å². The normalized spacial score (nSPS) is 11.6. The zero-order valence-corrected chi connectivity index (χ0v) is 22.9. The van der Waals surface area contributed by atoms with E-state index in [1.807, 2.05) is 11.3 Å². The van der Waals surface area contributed by atoms with Crippen LogP contribution >= 0.6 is 11.3 Å². The predicted molar refractivity (Wildman–Crippen MR) is 173 cm³/mol. The quantitative estimate of drug-likeness (QED) is 0.220. The Morgan fingerprint density at radius 2 is 1.23 bits per heavy atom. The third-order valence-corrected chi connectivity index (χ3v) is 8.99. The summed E-state index contributed by atoms with van der Waals surface area (Å²) in [5.41, 5.74) is 8.31. The van der Waals surface area contributed by atoms with Gasteiger partial charge in [0.2, 0.25) is 0 Å². The Morgan fingerprint density at radius 3 is 2.08 bits per heavy atom. The smallest absolute Gasteiger partial charge is 0.0562 e. The Morgan fingerprint density at radius 1 is 0.525 bits per heavy atom. The minimum atomic E-state index is 1.14. The molecule has 0 atom stereocenters. The van der Waals surface area contributed by atoms with E-state index in [9.17, 15) is 0 Å². The maximum atomic E-state index is 2.42. The average molecular weight is 531 g/mol. The molecule has 0 N–H and O–H groups in total.